The summed E-state index contributed by atoms with van der Waals surface area (Å²) in [5, 5.41) is 12.3. The Bertz CT molecular complexity index is 1470. The molecule has 3 aromatic rings. The molecule has 1 saturated heterocycles. The lowest BCUT2D eigenvalue weighted by atomic mass is 10.1. The Morgan fingerprint density at radius 3 is 2.46 bits per heavy atom. The third kappa shape index (κ3) is 5.05. The number of alkyl halides is 2. The Balaban J connectivity index is 1.61. The van der Waals surface area contributed by atoms with Crippen LogP contribution in [0.25, 0.3) is 26.4 Å². The zero-order valence-corrected chi connectivity index (χ0v) is 22.4. The van der Waals surface area contributed by atoms with E-state index in [2.05, 4.69) is 48.5 Å². The summed E-state index contributed by atoms with van der Waals surface area (Å²) in [5.41, 5.74) is 0.575. The van der Waals surface area contributed by atoms with Crippen molar-refractivity contribution in [2.45, 2.75) is 43.7 Å². The van der Waals surface area contributed by atoms with Crippen LogP contribution < -0.4 is 9.62 Å². The molecule has 3 heterocycles. The molecule has 2 aromatic heterocycles. The molecule has 0 spiro atoms. The van der Waals surface area contributed by atoms with Crippen molar-refractivity contribution in [3.05, 3.63) is 28.6 Å². The normalized spacial score (nSPS) is 18.2. The van der Waals surface area contributed by atoms with Gasteiger partial charge in [0.05, 0.1) is 28.9 Å². The van der Waals surface area contributed by atoms with Gasteiger partial charge in [0, 0.05) is 45.2 Å². The highest BCUT2D eigenvalue weighted by atomic mass is 32.2. The van der Waals surface area contributed by atoms with E-state index in [0.29, 0.717) is 54.1 Å². The largest absolute Gasteiger partial charge is 0.367 e. The molecular weight excluding hydrogens is 522 g/mol. The van der Waals surface area contributed by atoms with Crippen molar-refractivity contribution in [1.29, 1.82) is 0 Å². The first-order valence-corrected chi connectivity index (χ1v) is 14.3. The molecule has 0 atom stereocenters. The van der Waals surface area contributed by atoms with Gasteiger partial charge in [-0.05, 0) is 18.1 Å². The van der Waals surface area contributed by atoms with Gasteiger partial charge in [-0.3, -0.25) is 14.4 Å². The van der Waals surface area contributed by atoms with Gasteiger partial charge >= 0.3 is 0 Å². The Kier molecular flexibility index (Phi) is 6.68. The monoisotopic (exact) mass is 550 g/mol. The van der Waals surface area contributed by atoms with E-state index in [1.54, 1.807) is 17.8 Å². The lowest BCUT2D eigenvalue weighted by Gasteiger charge is -2.37. The van der Waals surface area contributed by atoms with Gasteiger partial charge in [-0.1, -0.05) is 25.2 Å². The first-order valence-electron chi connectivity index (χ1n) is 12.0. The second-order valence-electron chi connectivity index (χ2n) is 9.99. The highest BCUT2D eigenvalue weighted by molar-refractivity contribution is 7.89. The number of hydrogen-bond donors (Lipinski definition) is 1. The van der Waals surface area contributed by atoms with Gasteiger partial charge in [0.15, 0.2) is 10.0 Å². The molecule has 2 aliphatic rings. The Morgan fingerprint density at radius 1 is 1.19 bits per heavy atom. The predicted molar refractivity (Wildman–Crippen MR) is 137 cm³/mol. The number of rotatable bonds is 8. The van der Waals surface area contributed by atoms with E-state index in [-0.39, 0.29) is 9.90 Å². The minimum Gasteiger partial charge on any atom is -0.367 e. The van der Waals surface area contributed by atoms with Gasteiger partial charge < -0.3 is 4.90 Å². The predicted octanol–water partition coefficient (Wildman–Crippen LogP) is 3.50. The Hall–Kier alpha value is -2.73. The second kappa shape index (κ2) is 9.54. The number of fused-ring (bicyclic) bond motifs is 1. The lowest BCUT2D eigenvalue weighted by Crippen LogP contribution is -2.47. The van der Waals surface area contributed by atoms with Crippen LogP contribution in [0.5, 0.6) is 0 Å². The van der Waals surface area contributed by atoms with Crippen molar-refractivity contribution in [2.24, 2.45) is 13.0 Å². The Labute approximate surface area is 218 Å². The minimum absolute atomic E-state index is 0.00221. The van der Waals surface area contributed by atoms with Gasteiger partial charge in [-0.25, -0.2) is 23.8 Å². The third-order valence-electron chi connectivity index (χ3n) is 6.63. The van der Waals surface area contributed by atoms with Crippen molar-refractivity contribution in [2.75, 3.05) is 37.6 Å². The molecule has 5 rings (SSSR count). The van der Waals surface area contributed by atoms with Crippen LogP contribution >= 0.6 is 11.3 Å². The molecule has 14 heteroatoms. The van der Waals surface area contributed by atoms with E-state index in [0.717, 1.165) is 31.0 Å². The van der Waals surface area contributed by atoms with Crippen LogP contribution in [0.3, 0.4) is 0 Å². The number of nitrogens with zero attached hydrogens (tertiary/aromatic N) is 7. The summed E-state index contributed by atoms with van der Waals surface area (Å²) in [6.45, 7) is 15.8. The van der Waals surface area contributed by atoms with Crippen molar-refractivity contribution in [3.8, 4) is 10.7 Å². The summed E-state index contributed by atoms with van der Waals surface area (Å²) in [6, 6.07) is 3.11. The van der Waals surface area contributed by atoms with Crippen LogP contribution in [0.4, 0.5) is 14.5 Å². The number of sulfonamides is 1. The minimum atomic E-state index is -4.04. The average molecular weight is 551 g/mol. The fraction of sp³-hybridized carbons (Fsp3) is 0.565. The molecule has 198 valence electrons. The van der Waals surface area contributed by atoms with E-state index >= 15 is 0 Å². The topological polar surface area (TPSA) is 101 Å². The number of aromatic nitrogens is 4. The van der Waals surface area contributed by atoms with E-state index in [1.165, 1.54) is 6.07 Å². The molecule has 37 heavy (non-hydrogen) atoms. The van der Waals surface area contributed by atoms with E-state index in [1.807, 2.05) is 0 Å². The molecule has 1 aromatic carbocycles. The maximum atomic E-state index is 13.4. The smallest absolute Gasteiger partial charge is 0.299 e. The maximum Gasteiger partial charge on any atom is 0.299 e. The fourth-order valence-electron chi connectivity index (χ4n) is 4.69. The molecule has 0 unspecified atom stereocenters. The number of aryl methyl sites for hydroxylation is 1. The van der Waals surface area contributed by atoms with Crippen molar-refractivity contribution in [1.82, 2.24) is 29.6 Å². The van der Waals surface area contributed by atoms with Gasteiger partial charge in [0.1, 0.15) is 5.69 Å². The van der Waals surface area contributed by atoms with Crippen molar-refractivity contribution < 1.29 is 17.2 Å². The standard InChI is InChI=1S/C23H28F2N8O2S2/c1-14(2)13-32-7-9-33(10-8-32)17-12-15(37(34,35)30-23(26-3)5-6-23)11-16-18(29-31(4)19(16)17)21-27-28-22(36-21)20(24)25/h11-12,14,20,30H,5-10,13H2,1-2,4H3. The number of halogens is 2. The van der Waals surface area contributed by atoms with Crippen LogP contribution in [-0.2, 0) is 17.1 Å². The van der Waals surface area contributed by atoms with Gasteiger partial charge in [-0.2, -0.15) is 5.10 Å². The van der Waals surface area contributed by atoms with Gasteiger partial charge in [0.25, 0.3) is 12.1 Å². The van der Waals surface area contributed by atoms with E-state index < -0.39 is 27.1 Å². The van der Waals surface area contributed by atoms with Crippen LogP contribution in [0.1, 0.15) is 38.1 Å². The maximum absolute atomic E-state index is 13.4. The zero-order valence-electron chi connectivity index (χ0n) is 20.8. The molecule has 0 amide bonds. The van der Waals surface area contributed by atoms with E-state index in [9.17, 15) is 17.2 Å². The SMILES string of the molecule is [C-]#[N+]C1(NS(=O)(=O)c2cc(N3CCN(CC(C)C)CC3)c3c(c2)c(-c2nnc(C(F)F)s2)nn3C)CC1. The fourth-order valence-corrected chi connectivity index (χ4v) is 6.80. The molecular formula is C23H28F2N8O2S2. The molecule has 2 fully saturated rings. The average Bonchev–Trinajstić information content (AvgIpc) is 3.28. The Morgan fingerprint density at radius 2 is 1.89 bits per heavy atom. The van der Waals surface area contributed by atoms with Crippen LogP contribution in [0, 0.1) is 12.5 Å². The lowest BCUT2D eigenvalue weighted by molar-refractivity contribution is 0.150. The highest BCUT2D eigenvalue weighted by Gasteiger charge is 2.54. The number of hydrogen-bond acceptors (Lipinski definition) is 8. The second-order valence-corrected chi connectivity index (χ2v) is 12.7. The summed E-state index contributed by atoms with van der Waals surface area (Å²) in [4.78, 5) is 8.00. The molecule has 10 nitrogen and oxygen atoms in total. The molecule has 0 bridgehead atoms. The van der Waals surface area contributed by atoms with Crippen LogP contribution in [0.15, 0.2) is 17.0 Å². The van der Waals surface area contributed by atoms with E-state index in [4.69, 9.17) is 6.57 Å². The van der Waals surface area contributed by atoms with Crippen molar-refractivity contribution in [3.63, 3.8) is 0 Å². The van der Waals surface area contributed by atoms with Crippen molar-refractivity contribution >= 4 is 38.0 Å². The molecule has 1 aliphatic carbocycles. The molecule has 0 radical (unpaired) electrons. The first kappa shape index (κ1) is 25.9. The third-order valence-corrected chi connectivity index (χ3v) is 9.07. The summed E-state index contributed by atoms with van der Waals surface area (Å²) < 4.78 is 57.4. The summed E-state index contributed by atoms with van der Waals surface area (Å²) in [7, 11) is -2.30. The molecule has 1 aliphatic heterocycles. The van der Waals surface area contributed by atoms with Crippen LogP contribution in [0.2, 0.25) is 0 Å². The number of benzene rings is 1. The van der Waals surface area contributed by atoms with Gasteiger partial charge in [0.2, 0.25) is 10.0 Å². The van der Waals surface area contributed by atoms with Crippen LogP contribution in [-0.4, -0.2) is 71.7 Å². The summed E-state index contributed by atoms with van der Waals surface area (Å²) in [6.07, 6.45) is -1.84. The summed E-state index contributed by atoms with van der Waals surface area (Å²) >= 11 is 0.733. The first-order chi connectivity index (χ1) is 17.5. The van der Waals surface area contributed by atoms with Gasteiger partial charge in [-0.15, -0.1) is 14.9 Å². The zero-order chi connectivity index (χ0) is 26.5. The number of anilines is 1. The highest BCUT2D eigenvalue weighted by Crippen LogP contribution is 2.41. The number of piperazine rings is 1. The summed E-state index contributed by atoms with van der Waals surface area (Å²) in [5.74, 6) is 0.541. The number of nitrogens with one attached hydrogen (secondary N) is 1. The molecule has 1 N–H and O–H groups in total. The molecule has 1 saturated carbocycles. The quantitative estimate of drug-likeness (QED) is 0.429.